The summed E-state index contributed by atoms with van der Waals surface area (Å²) in [6.07, 6.45) is 5.11. The van der Waals surface area contributed by atoms with E-state index in [1.54, 1.807) is 12.3 Å². The maximum atomic E-state index is 11.0. The molecule has 0 atom stereocenters. The summed E-state index contributed by atoms with van der Waals surface area (Å²) in [6, 6.07) is 2.27. The Morgan fingerprint density at radius 3 is 2.94 bits per heavy atom. The van der Waals surface area contributed by atoms with Crippen LogP contribution >= 0.6 is 15.9 Å². The van der Waals surface area contributed by atoms with Crippen molar-refractivity contribution < 1.29 is 9.90 Å². The van der Waals surface area contributed by atoms with Crippen molar-refractivity contribution in [2.45, 2.75) is 25.3 Å². The Morgan fingerprint density at radius 1 is 1.50 bits per heavy atom. The molecule has 0 spiro atoms. The number of carboxylic acid groups (broad SMARTS) is 1. The SMILES string of the molecule is O=C(O)c1cc(Br)cnc1NCCCNC1CC1. The molecule has 1 fully saturated rings. The molecule has 1 aromatic rings. The molecule has 0 aliphatic heterocycles. The lowest BCUT2D eigenvalue weighted by Gasteiger charge is -2.09. The van der Waals surface area contributed by atoms with Crippen LogP contribution in [-0.4, -0.2) is 35.2 Å². The van der Waals surface area contributed by atoms with Gasteiger partial charge in [0.25, 0.3) is 0 Å². The number of hydrogen-bond acceptors (Lipinski definition) is 4. The summed E-state index contributed by atoms with van der Waals surface area (Å²) in [4.78, 5) is 15.1. The molecule has 2 rings (SSSR count). The van der Waals surface area contributed by atoms with Crippen molar-refractivity contribution in [3.8, 4) is 0 Å². The number of aromatic nitrogens is 1. The number of anilines is 1. The summed E-state index contributed by atoms with van der Waals surface area (Å²) in [5, 5.41) is 15.5. The van der Waals surface area contributed by atoms with Gasteiger partial charge >= 0.3 is 5.97 Å². The van der Waals surface area contributed by atoms with Crippen LogP contribution in [0.1, 0.15) is 29.6 Å². The fourth-order valence-corrected chi connectivity index (χ4v) is 1.96. The molecule has 0 amide bonds. The largest absolute Gasteiger partial charge is 0.478 e. The van der Waals surface area contributed by atoms with Crippen LogP contribution in [0.2, 0.25) is 0 Å². The highest BCUT2D eigenvalue weighted by Gasteiger charge is 2.19. The van der Waals surface area contributed by atoms with Crippen LogP contribution in [0.4, 0.5) is 5.82 Å². The van der Waals surface area contributed by atoms with Crippen molar-refractivity contribution in [3.05, 3.63) is 22.3 Å². The summed E-state index contributed by atoms with van der Waals surface area (Å²) in [5.74, 6) is -0.542. The average molecular weight is 314 g/mol. The smallest absolute Gasteiger partial charge is 0.339 e. The Kier molecular flexibility index (Phi) is 4.54. The second-order valence-corrected chi connectivity index (χ2v) is 5.28. The van der Waals surface area contributed by atoms with Crippen molar-refractivity contribution >= 4 is 27.7 Å². The predicted octanol–water partition coefficient (Wildman–Crippen LogP) is 2.10. The number of carboxylic acids is 1. The van der Waals surface area contributed by atoms with E-state index in [0.29, 0.717) is 22.9 Å². The van der Waals surface area contributed by atoms with Gasteiger partial charge in [0.1, 0.15) is 11.4 Å². The lowest BCUT2D eigenvalue weighted by molar-refractivity contribution is 0.0697. The van der Waals surface area contributed by atoms with E-state index >= 15 is 0 Å². The van der Waals surface area contributed by atoms with Crippen LogP contribution in [0.5, 0.6) is 0 Å². The fraction of sp³-hybridized carbons (Fsp3) is 0.500. The summed E-state index contributed by atoms with van der Waals surface area (Å²) in [7, 11) is 0. The van der Waals surface area contributed by atoms with Gasteiger partial charge in [-0.2, -0.15) is 0 Å². The van der Waals surface area contributed by atoms with Crippen LogP contribution < -0.4 is 10.6 Å². The van der Waals surface area contributed by atoms with Gasteiger partial charge < -0.3 is 15.7 Å². The molecule has 18 heavy (non-hydrogen) atoms. The number of aromatic carboxylic acids is 1. The number of hydrogen-bond donors (Lipinski definition) is 3. The molecular weight excluding hydrogens is 298 g/mol. The van der Waals surface area contributed by atoms with Crippen LogP contribution in [0.25, 0.3) is 0 Å². The zero-order chi connectivity index (χ0) is 13.0. The maximum absolute atomic E-state index is 11.0. The molecule has 5 nitrogen and oxygen atoms in total. The second-order valence-electron chi connectivity index (χ2n) is 4.36. The standard InChI is InChI=1S/C12H16BrN3O2/c13-8-6-10(12(17)18)11(16-7-8)15-5-1-4-14-9-2-3-9/h6-7,9,14H,1-5H2,(H,15,16)(H,17,18). The molecule has 1 aromatic heterocycles. The van der Waals surface area contributed by atoms with E-state index < -0.39 is 5.97 Å². The van der Waals surface area contributed by atoms with Gasteiger partial charge in [0.05, 0.1) is 0 Å². The normalized spacial score (nSPS) is 14.5. The van der Waals surface area contributed by atoms with Gasteiger partial charge in [-0.15, -0.1) is 0 Å². The zero-order valence-electron chi connectivity index (χ0n) is 9.95. The predicted molar refractivity (Wildman–Crippen MR) is 73.0 cm³/mol. The van der Waals surface area contributed by atoms with Gasteiger partial charge in [-0.1, -0.05) is 0 Å². The second kappa shape index (κ2) is 6.15. The molecule has 1 saturated carbocycles. The Bertz CT molecular complexity index is 435. The maximum Gasteiger partial charge on any atom is 0.339 e. The Labute approximate surface area is 114 Å². The third kappa shape index (κ3) is 3.96. The lowest BCUT2D eigenvalue weighted by Crippen LogP contribution is -2.20. The summed E-state index contributed by atoms with van der Waals surface area (Å²) < 4.78 is 0.667. The van der Waals surface area contributed by atoms with E-state index in [9.17, 15) is 4.79 Å². The average Bonchev–Trinajstić information content (AvgIpc) is 3.14. The molecule has 3 N–H and O–H groups in total. The molecule has 0 saturated heterocycles. The van der Waals surface area contributed by atoms with Crippen molar-refractivity contribution in [1.82, 2.24) is 10.3 Å². The van der Waals surface area contributed by atoms with Gasteiger partial charge in [-0.25, -0.2) is 9.78 Å². The first kappa shape index (κ1) is 13.3. The number of halogens is 1. The van der Waals surface area contributed by atoms with E-state index in [4.69, 9.17) is 5.11 Å². The van der Waals surface area contributed by atoms with Crippen LogP contribution in [-0.2, 0) is 0 Å². The number of nitrogens with zero attached hydrogens (tertiary/aromatic N) is 1. The first-order valence-corrected chi connectivity index (χ1v) is 6.82. The van der Waals surface area contributed by atoms with Crippen LogP contribution in [0.15, 0.2) is 16.7 Å². The van der Waals surface area contributed by atoms with E-state index in [2.05, 4.69) is 31.5 Å². The molecule has 0 bridgehead atoms. The molecule has 1 aliphatic rings. The molecule has 1 aliphatic carbocycles. The minimum Gasteiger partial charge on any atom is -0.478 e. The third-order valence-corrected chi connectivity index (χ3v) is 3.17. The van der Waals surface area contributed by atoms with Crippen LogP contribution in [0.3, 0.4) is 0 Å². The van der Waals surface area contributed by atoms with E-state index in [-0.39, 0.29) is 5.56 Å². The Balaban J connectivity index is 1.81. The quantitative estimate of drug-likeness (QED) is 0.672. The first-order chi connectivity index (χ1) is 8.66. The van der Waals surface area contributed by atoms with E-state index in [1.165, 1.54) is 12.8 Å². The lowest BCUT2D eigenvalue weighted by atomic mass is 10.2. The number of carbonyl (C=O) groups is 1. The third-order valence-electron chi connectivity index (χ3n) is 2.74. The van der Waals surface area contributed by atoms with Crippen molar-refractivity contribution in [3.63, 3.8) is 0 Å². The summed E-state index contributed by atoms with van der Waals surface area (Å²) in [6.45, 7) is 1.67. The molecule has 0 aromatic carbocycles. The summed E-state index contributed by atoms with van der Waals surface area (Å²) >= 11 is 3.22. The van der Waals surface area contributed by atoms with Crippen molar-refractivity contribution in [1.29, 1.82) is 0 Å². The minimum atomic E-state index is -0.970. The Hall–Kier alpha value is -1.14. The molecule has 0 radical (unpaired) electrons. The highest BCUT2D eigenvalue weighted by atomic mass is 79.9. The van der Waals surface area contributed by atoms with Crippen molar-refractivity contribution in [2.75, 3.05) is 18.4 Å². The van der Waals surface area contributed by atoms with Gasteiger partial charge in [0.15, 0.2) is 0 Å². The highest BCUT2D eigenvalue weighted by Crippen LogP contribution is 2.19. The fourth-order valence-electron chi connectivity index (χ4n) is 1.63. The number of pyridine rings is 1. The van der Waals surface area contributed by atoms with Gasteiger partial charge in [0, 0.05) is 23.3 Å². The topological polar surface area (TPSA) is 74.2 Å². The van der Waals surface area contributed by atoms with E-state index in [0.717, 1.165) is 13.0 Å². The van der Waals surface area contributed by atoms with Gasteiger partial charge in [0.2, 0.25) is 0 Å². The molecule has 1 heterocycles. The number of nitrogens with one attached hydrogen (secondary N) is 2. The molecule has 0 unspecified atom stereocenters. The van der Waals surface area contributed by atoms with Gasteiger partial charge in [-0.05, 0) is 47.8 Å². The molecule has 98 valence electrons. The molecular formula is C12H16BrN3O2. The Morgan fingerprint density at radius 2 is 2.28 bits per heavy atom. The zero-order valence-corrected chi connectivity index (χ0v) is 11.5. The highest BCUT2D eigenvalue weighted by molar-refractivity contribution is 9.10. The number of rotatable bonds is 7. The minimum absolute atomic E-state index is 0.194. The van der Waals surface area contributed by atoms with Crippen LogP contribution in [0, 0.1) is 0 Å². The van der Waals surface area contributed by atoms with Gasteiger partial charge in [-0.3, -0.25) is 0 Å². The molecule has 6 heteroatoms. The van der Waals surface area contributed by atoms with Crippen molar-refractivity contribution in [2.24, 2.45) is 0 Å². The van der Waals surface area contributed by atoms with E-state index in [1.807, 2.05) is 0 Å². The first-order valence-electron chi connectivity index (χ1n) is 6.03. The summed E-state index contributed by atoms with van der Waals surface area (Å²) in [5.41, 5.74) is 0.194. The monoisotopic (exact) mass is 313 g/mol.